The van der Waals surface area contributed by atoms with Crippen LogP contribution in [0.25, 0.3) is 21.9 Å². The minimum atomic E-state index is -1.56. The molecule has 0 aliphatic heterocycles. The van der Waals surface area contributed by atoms with Gasteiger partial charge in [0.25, 0.3) is 17.6 Å². The van der Waals surface area contributed by atoms with E-state index in [9.17, 15) is 24.8 Å². The summed E-state index contributed by atoms with van der Waals surface area (Å²) < 4.78 is 23.5. The number of carboxylic acid groups (broad SMARTS) is 1. The van der Waals surface area contributed by atoms with Gasteiger partial charge in [0.05, 0.1) is 29.1 Å². The van der Waals surface area contributed by atoms with Crippen LogP contribution in [-0.2, 0) is 22.4 Å². The third kappa shape index (κ3) is 7.03. The zero-order valence-electron chi connectivity index (χ0n) is 24.2. The number of carbonyl (C=O) groups is 2. The Hall–Kier alpha value is -4.94. The lowest BCUT2D eigenvalue weighted by Crippen LogP contribution is -2.36. The number of rotatable bonds is 9. The van der Waals surface area contributed by atoms with Crippen LogP contribution >= 0.6 is 0 Å². The highest BCUT2D eigenvalue weighted by Crippen LogP contribution is 2.36. The largest absolute Gasteiger partial charge is 0.512 e. The summed E-state index contributed by atoms with van der Waals surface area (Å²) in [6, 6.07) is 11.9. The molecule has 4 rings (SSSR count). The van der Waals surface area contributed by atoms with E-state index in [1.807, 2.05) is 12.1 Å². The molecule has 0 spiro atoms. The second-order valence-corrected chi connectivity index (χ2v) is 11.2. The molecule has 0 amide bonds. The first-order valence-electron chi connectivity index (χ1n) is 13.2. The third-order valence-electron chi connectivity index (χ3n) is 5.98. The van der Waals surface area contributed by atoms with E-state index in [1.54, 1.807) is 64.3 Å². The minimum Gasteiger partial charge on any atom is -0.465 e. The monoisotopic (exact) mass is 580 g/mol. The second-order valence-electron chi connectivity index (χ2n) is 11.2. The number of ether oxygens (including phenoxy) is 4. The molecule has 0 unspecified atom stereocenters. The fourth-order valence-electron chi connectivity index (χ4n) is 4.42. The van der Waals surface area contributed by atoms with Crippen molar-refractivity contribution in [2.24, 2.45) is 0 Å². The maximum atomic E-state index is 12.5. The number of non-ortho nitro benzene ring substituents is 1. The summed E-state index contributed by atoms with van der Waals surface area (Å²) in [6.45, 7) is 10.7. The molecule has 0 fully saturated rings. The number of benzene rings is 2. The lowest BCUT2D eigenvalue weighted by Gasteiger charge is -2.28. The second kappa shape index (κ2) is 11.5. The summed E-state index contributed by atoms with van der Waals surface area (Å²) >= 11 is 0. The maximum absolute atomic E-state index is 12.5. The van der Waals surface area contributed by atoms with E-state index in [2.05, 4.69) is 9.97 Å². The first kappa shape index (κ1) is 30.0. The molecule has 0 aliphatic rings. The van der Waals surface area contributed by atoms with Crippen molar-refractivity contribution in [1.29, 1.82) is 0 Å². The first-order chi connectivity index (χ1) is 19.7. The van der Waals surface area contributed by atoms with Crippen LogP contribution in [0, 0.1) is 10.1 Å². The minimum absolute atomic E-state index is 0.00582. The van der Waals surface area contributed by atoms with E-state index in [0.29, 0.717) is 22.8 Å². The van der Waals surface area contributed by atoms with E-state index >= 15 is 0 Å². The number of imidazole rings is 1. The molecule has 4 aromatic rings. The van der Waals surface area contributed by atoms with Gasteiger partial charge in [-0.2, -0.15) is 4.98 Å². The average Bonchev–Trinajstić information content (AvgIpc) is 3.20. The zero-order chi connectivity index (χ0) is 30.8. The molecule has 13 nitrogen and oxygen atoms in total. The van der Waals surface area contributed by atoms with Crippen molar-refractivity contribution in [2.45, 2.75) is 65.7 Å². The molecule has 2 aromatic carbocycles. The molecular weight excluding hydrogens is 548 g/mol. The lowest BCUT2D eigenvalue weighted by molar-refractivity contribution is -0.384. The van der Waals surface area contributed by atoms with Crippen LogP contribution < -0.4 is 9.47 Å². The van der Waals surface area contributed by atoms with Gasteiger partial charge < -0.3 is 24.1 Å². The molecule has 0 bridgehead atoms. The van der Waals surface area contributed by atoms with Crippen LogP contribution in [0.1, 0.15) is 52.7 Å². The highest BCUT2D eigenvalue weighted by Gasteiger charge is 2.31. The summed E-state index contributed by atoms with van der Waals surface area (Å²) in [5.74, 6) is -0.233. The number of hydrogen-bond donors (Lipinski definition) is 1. The summed E-state index contributed by atoms with van der Waals surface area (Å²) in [5.41, 5.74) is 0.875. The molecule has 0 saturated heterocycles. The number of hydrogen-bond acceptors (Lipinski definition) is 10. The van der Waals surface area contributed by atoms with Gasteiger partial charge in [-0.15, -0.1) is 0 Å². The summed E-state index contributed by atoms with van der Waals surface area (Å²) in [5, 5.41) is 21.0. The number of aromatic nitrogens is 3. The van der Waals surface area contributed by atoms with E-state index < -0.39 is 28.4 Å². The first-order valence-corrected chi connectivity index (χ1v) is 13.2. The summed E-state index contributed by atoms with van der Waals surface area (Å²) in [6.07, 6.45) is -1.96. The van der Waals surface area contributed by atoms with Gasteiger partial charge >= 0.3 is 12.3 Å². The van der Waals surface area contributed by atoms with E-state index in [-0.39, 0.29) is 36.2 Å². The summed E-state index contributed by atoms with van der Waals surface area (Å²) in [7, 11) is 0. The number of carbonyl (C=O) groups excluding carboxylic acids is 1. The number of fused-ring (bicyclic) bond motifs is 3. The molecule has 0 atom stereocenters. The smallest absolute Gasteiger partial charge is 0.465 e. The molecule has 2 aromatic heterocycles. The predicted octanol–water partition coefficient (Wildman–Crippen LogP) is 6.27. The van der Waals surface area contributed by atoms with Crippen LogP contribution in [0.3, 0.4) is 0 Å². The van der Waals surface area contributed by atoms with Crippen molar-refractivity contribution in [3.8, 4) is 11.9 Å². The van der Waals surface area contributed by atoms with Gasteiger partial charge in [0.2, 0.25) is 0 Å². The highest BCUT2D eigenvalue weighted by atomic mass is 16.7. The van der Waals surface area contributed by atoms with Gasteiger partial charge in [-0.05, 0) is 65.2 Å². The number of nitro benzene ring substituents is 1. The Morgan fingerprint density at radius 3 is 2.26 bits per heavy atom. The molecule has 0 saturated carbocycles. The van der Waals surface area contributed by atoms with Crippen LogP contribution in [0.2, 0.25) is 0 Å². The van der Waals surface area contributed by atoms with Crippen molar-refractivity contribution >= 4 is 39.9 Å². The summed E-state index contributed by atoms with van der Waals surface area (Å²) in [4.78, 5) is 43.5. The normalized spacial score (nSPS) is 11.9. The quantitative estimate of drug-likeness (QED) is 0.135. The molecule has 0 aliphatic carbocycles. The Balaban J connectivity index is 1.82. The molecule has 222 valence electrons. The fourth-order valence-corrected chi connectivity index (χ4v) is 4.42. The van der Waals surface area contributed by atoms with Crippen molar-refractivity contribution in [1.82, 2.24) is 14.5 Å². The molecule has 0 radical (unpaired) electrons. The van der Waals surface area contributed by atoms with Gasteiger partial charge in [-0.3, -0.25) is 14.7 Å². The number of pyridine rings is 1. The maximum Gasteiger partial charge on any atom is 0.512 e. The molecule has 2 heterocycles. The van der Waals surface area contributed by atoms with Crippen LogP contribution in [0.5, 0.6) is 11.9 Å². The number of nitro groups is 1. The molecular formula is C29H32N4O9. The third-order valence-corrected chi connectivity index (χ3v) is 5.98. The zero-order valence-corrected chi connectivity index (χ0v) is 24.2. The fraction of sp³-hybridized carbons (Fsp3) is 0.379. The van der Waals surface area contributed by atoms with Crippen LogP contribution in [0.4, 0.5) is 15.3 Å². The van der Waals surface area contributed by atoms with Crippen LogP contribution in [0.15, 0.2) is 42.5 Å². The van der Waals surface area contributed by atoms with Crippen molar-refractivity contribution in [3.05, 3.63) is 63.7 Å². The Bertz CT molecular complexity index is 1650. The van der Waals surface area contributed by atoms with E-state index in [1.165, 1.54) is 12.1 Å². The average molecular weight is 581 g/mol. The van der Waals surface area contributed by atoms with Crippen molar-refractivity contribution in [3.63, 3.8) is 0 Å². The molecule has 1 N–H and O–H groups in total. The Morgan fingerprint density at radius 1 is 1.00 bits per heavy atom. The van der Waals surface area contributed by atoms with Gasteiger partial charge in [0.1, 0.15) is 11.2 Å². The van der Waals surface area contributed by atoms with E-state index in [4.69, 9.17) is 18.9 Å². The van der Waals surface area contributed by atoms with Crippen LogP contribution in [-0.4, -0.2) is 54.7 Å². The van der Waals surface area contributed by atoms with Gasteiger partial charge in [-0.25, -0.2) is 14.6 Å². The van der Waals surface area contributed by atoms with E-state index in [0.717, 1.165) is 11.1 Å². The number of nitrogens with zero attached hydrogens (tertiary/aromatic N) is 4. The molecule has 42 heavy (non-hydrogen) atoms. The SMILES string of the molecule is CCOc1nc2c(OC(=O)O)nc3cc(Cc4ccc([N+](=O)[O-])cc4)ccc3c2n1CC(C)(C)OC(=O)OC(C)(C)C. The van der Waals surface area contributed by atoms with Crippen molar-refractivity contribution < 1.29 is 38.6 Å². The van der Waals surface area contributed by atoms with Crippen molar-refractivity contribution in [2.75, 3.05) is 6.61 Å². The Kier molecular flexibility index (Phi) is 8.23. The van der Waals surface area contributed by atoms with Gasteiger partial charge in [-0.1, -0.05) is 24.3 Å². The molecule has 13 heteroatoms. The lowest BCUT2D eigenvalue weighted by atomic mass is 10.0. The topological polar surface area (TPSA) is 165 Å². The van der Waals surface area contributed by atoms with Gasteiger partial charge in [0.15, 0.2) is 5.52 Å². The standard InChI is InChI=1S/C29H32N4O9/c1-7-39-25-31-22-23(32(25)16-29(5,6)42-27(36)41-28(2,3)4)20-13-10-18(15-21(20)30-24(22)40-26(34)35)14-17-8-11-19(12-9-17)33(37)38/h8-13,15H,7,14,16H2,1-6H3,(H,34,35). The predicted molar refractivity (Wildman–Crippen MR) is 152 cm³/mol. The highest BCUT2D eigenvalue weighted by molar-refractivity contribution is 6.05. The Labute approximate surface area is 241 Å². The Morgan fingerprint density at radius 2 is 1.67 bits per heavy atom. The van der Waals surface area contributed by atoms with Gasteiger partial charge in [0, 0.05) is 17.5 Å².